The van der Waals surface area contributed by atoms with Gasteiger partial charge < -0.3 is 14.6 Å². The van der Waals surface area contributed by atoms with Gasteiger partial charge in [0.1, 0.15) is 6.33 Å². The first kappa shape index (κ1) is 21.7. The summed E-state index contributed by atoms with van der Waals surface area (Å²) in [6, 6.07) is 8.34. The van der Waals surface area contributed by atoms with Crippen molar-refractivity contribution in [1.82, 2.24) is 29.0 Å². The molecule has 4 aromatic rings. The van der Waals surface area contributed by atoms with Gasteiger partial charge in [-0.2, -0.15) is 5.10 Å². The first-order valence-electron chi connectivity index (χ1n) is 12.0. The van der Waals surface area contributed by atoms with E-state index in [0.29, 0.717) is 11.4 Å². The van der Waals surface area contributed by atoms with Crippen LogP contribution in [0.15, 0.2) is 41.6 Å². The van der Waals surface area contributed by atoms with Crippen molar-refractivity contribution in [2.45, 2.75) is 45.6 Å². The number of ether oxygens (including phenoxy) is 1. The molecule has 8 heteroatoms. The van der Waals surface area contributed by atoms with Crippen LogP contribution >= 0.6 is 0 Å². The Morgan fingerprint density at radius 2 is 1.94 bits per heavy atom. The van der Waals surface area contributed by atoms with Crippen LogP contribution in [-0.4, -0.2) is 55.8 Å². The average molecular weight is 449 g/mol. The molecule has 0 unspecified atom stereocenters. The summed E-state index contributed by atoms with van der Waals surface area (Å²) in [6.45, 7) is 7.83. The highest BCUT2D eigenvalue weighted by Crippen LogP contribution is 2.30. The third kappa shape index (κ3) is 4.04. The number of methoxy groups -OCH3 is 1. The lowest BCUT2D eigenvalue weighted by Crippen LogP contribution is -2.39. The molecule has 0 bridgehead atoms. The molecule has 8 nitrogen and oxygen atoms in total. The van der Waals surface area contributed by atoms with Crippen molar-refractivity contribution in [2.24, 2.45) is 5.92 Å². The quantitative estimate of drug-likeness (QED) is 0.460. The van der Waals surface area contributed by atoms with E-state index in [0.717, 1.165) is 54.0 Å². The van der Waals surface area contributed by atoms with Crippen molar-refractivity contribution in [2.75, 3.05) is 26.7 Å². The largest absolute Gasteiger partial charge is 0.493 e. The van der Waals surface area contributed by atoms with Crippen molar-refractivity contribution in [1.29, 1.82) is 0 Å². The molecule has 0 radical (unpaired) electrons. The summed E-state index contributed by atoms with van der Waals surface area (Å²) in [7, 11) is 1.63. The lowest BCUT2D eigenvalue weighted by molar-refractivity contribution is 0.159. The summed E-state index contributed by atoms with van der Waals surface area (Å²) in [5.41, 5.74) is 4.43. The molecule has 1 fully saturated rings. The van der Waals surface area contributed by atoms with E-state index in [1.165, 1.54) is 25.7 Å². The number of benzene rings is 1. The van der Waals surface area contributed by atoms with Crippen molar-refractivity contribution in [3.05, 3.63) is 47.3 Å². The normalized spacial score (nSPS) is 15.8. The second-order valence-corrected chi connectivity index (χ2v) is 9.07. The minimum atomic E-state index is -0.0232. The maximum absolute atomic E-state index is 12.9. The van der Waals surface area contributed by atoms with Crippen molar-refractivity contribution < 1.29 is 4.74 Å². The van der Waals surface area contributed by atoms with Gasteiger partial charge in [0, 0.05) is 37.4 Å². The molecule has 1 aliphatic heterocycles. The topological polar surface area (TPSA) is 80.5 Å². The van der Waals surface area contributed by atoms with Gasteiger partial charge in [0.05, 0.1) is 18.1 Å². The standard InChI is InChI=1S/C25H32N6O2/c1-4-17(5-2)14-29-10-8-20(9-11-29)31-22-7-6-18(12-21(22)28-25(31)32)19-13-23(33-3)24-26-16-27-30(24)15-19/h6-7,12-13,15-17,20H,4-5,8-11,14H2,1-3H3,(H,28,32). The van der Waals surface area contributed by atoms with Gasteiger partial charge in [-0.15, -0.1) is 0 Å². The Labute approximate surface area is 193 Å². The van der Waals surface area contributed by atoms with Gasteiger partial charge in [0.15, 0.2) is 11.4 Å². The Hall–Kier alpha value is -3.13. The minimum Gasteiger partial charge on any atom is -0.493 e. The monoisotopic (exact) mass is 448 g/mol. The lowest BCUT2D eigenvalue weighted by Gasteiger charge is -2.34. The lowest BCUT2D eigenvalue weighted by atomic mass is 9.99. The molecule has 0 amide bonds. The van der Waals surface area contributed by atoms with Crippen LogP contribution in [0.2, 0.25) is 0 Å². The predicted octanol–water partition coefficient (Wildman–Crippen LogP) is 4.12. The number of aromatic amines is 1. The highest BCUT2D eigenvalue weighted by atomic mass is 16.5. The number of rotatable bonds is 7. The molecule has 0 spiro atoms. The van der Waals surface area contributed by atoms with Crippen LogP contribution in [0.5, 0.6) is 5.75 Å². The van der Waals surface area contributed by atoms with Gasteiger partial charge >= 0.3 is 5.69 Å². The molecule has 0 atom stereocenters. The molecule has 3 aromatic heterocycles. The number of H-pyrrole nitrogens is 1. The summed E-state index contributed by atoms with van der Waals surface area (Å²) in [5, 5.41) is 4.25. The Morgan fingerprint density at radius 1 is 1.15 bits per heavy atom. The molecule has 0 saturated carbocycles. The third-order valence-corrected chi connectivity index (χ3v) is 7.20. The Morgan fingerprint density at radius 3 is 2.67 bits per heavy atom. The highest BCUT2D eigenvalue weighted by molar-refractivity contribution is 5.83. The van der Waals surface area contributed by atoms with E-state index in [1.807, 2.05) is 22.9 Å². The smallest absolute Gasteiger partial charge is 0.326 e. The zero-order valence-electron chi connectivity index (χ0n) is 19.6. The van der Waals surface area contributed by atoms with Crippen LogP contribution in [-0.2, 0) is 0 Å². The molecule has 1 aromatic carbocycles. The van der Waals surface area contributed by atoms with Crippen LogP contribution in [0.3, 0.4) is 0 Å². The third-order valence-electron chi connectivity index (χ3n) is 7.20. The predicted molar refractivity (Wildman–Crippen MR) is 130 cm³/mol. The minimum absolute atomic E-state index is 0.0232. The molecule has 1 aliphatic rings. The molecule has 1 N–H and O–H groups in total. The number of pyridine rings is 1. The fourth-order valence-corrected chi connectivity index (χ4v) is 5.15. The van der Waals surface area contributed by atoms with E-state index in [-0.39, 0.29) is 11.7 Å². The van der Waals surface area contributed by atoms with Crippen molar-refractivity contribution >= 4 is 16.7 Å². The average Bonchev–Trinajstić information content (AvgIpc) is 3.45. The molecule has 4 heterocycles. The molecule has 0 aliphatic carbocycles. The van der Waals surface area contributed by atoms with Crippen LogP contribution in [0.4, 0.5) is 0 Å². The van der Waals surface area contributed by atoms with Gasteiger partial charge in [-0.3, -0.25) is 4.57 Å². The van der Waals surface area contributed by atoms with Gasteiger partial charge in [-0.1, -0.05) is 32.8 Å². The first-order valence-corrected chi connectivity index (χ1v) is 12.0. The Kier molecular flexibility index (Phi) is 5.93. The number of piperidine rings is 1. The number of likely N-dealkylation sites (tertiary alicyclic amines) is 1. The highest BCUT2D eigenvalue weighted by Gasteiger charge is 2.24. The Bertz CT molecular complexity index is 1310. The molecular formula is C25H32N6O2. The molecule has 33 heavy (non-hydrogen) atoms. The second kappa shape index (κ2) is 9.02. The summed E-state index contributed by atoms with van der Waals surface area (Å²) in [4.78, 5) is 22.8. The summed E-state index contributed by atoms with van der Waals surface area (Å²) >= 11 is 0. The second-order valence-electron chi connectivity index (χ2n) is 9.07. The fourth-order valence-electron chi connectivity index (χ4n) is 5.15. The molecule has 174 valence electrons. The number of hydrogen-bond donors (Lipinski definition) is 1. The number of fused-ring (bicyclic) bond motifs is 2. The molecule has 1 saturated heterocycles. The van der Waals surface area contributed by atoms with Crippen LogP contribution in [0, 0.1) is 5.92 Å². The van der Waals surface area contributed by atoms with Crippen LogP contribution in [0.1, 0.15) is 45.6 Å². The summed E-state index contributed by atoms with van der Waals surface area (Å²) < 4.78 is 9.17. The van der Waals surface area contributed by atoms with Gasteiger partial charge in [-0.05, 0) is 42.5 Å². The van der Waals surface area contributed by atoms with Gasteiger partial charge in [0.2, 0.25) is 0 Å². The molecular weight excluding hydrogens is 416 g/mol. The summed E-state index contributed by atoms with van der Waals surface area (Å²) in [6.07, 6.45) is 7.92. The first-order chi connectivity index (χ1) is 16.1. The zero-order chi connectivity index (χ0) is 22.9. The summed E-state index contributed by atoms with van der Waals surface area (Å²) in [5.74, 6) is 1.43. The van der Waals surface area contributed by atoms with E-state index in [9.17, 15) is 4.79 Å². The molecule has 5 rings (SSSR count). The van der Waals surface area contributed by atoms with E-state index in [2.05, 4.69) is 45.9 Å². The maximum atomic E-state index is 12.9. The van der Waals surface area contributed by atoms with E-state index in [4.69, 9.17) is 4.74 Å². The van der Waals surface area contributed by atoms with E-state index < -0.39 is 0 Å². The van der Waals surface area contributed by atoms with Crippen LogP contribution in [0.25, 0.3) is 27.8 Å². The van der Waals surface area contributed by atoms with E-state index in [1.54, 1.807) is 11.6 Å². The SMILES string of the molecule is CCC(CC)CN1CCC(n2c(=O)[nH]c3cc(-c4cc(OC)c5ncnn5c4)ccc32)CC1. The number of hydrogen-bond acceptors (Lipinski definition) is 5. The van der Waals surface area contributed by atoms with Gasteiger partial charge in [-0.25, -0.2) is 14.3 Å². The number of nitrogens with zero attached hydrogens (tertiary/aromatic N) is 5. The van der Waals surface area contributed by atoms with Gasteiger partial charge in [0.25, 0.3) is 0 Å². The maximum Gasteiger partial charge on any atom is 0.326 e. The fraction of sp³-hybridized carbons (Fsp3) is 0.480. The number of aromatic nitrogens is 5. The Balaban J connectivity index is 1.41. The number of nitrogens with one attached hydrogen (secondary N) is 1. The van der Waals surface area contributed by atoms with E-state index >= 15 is 0 Å². The van der Waals surface area contributed by atoms with Crippen molar-refractivity contribution in [3.63, 3.8) is 0 Å². The zero-order valence-corrected chi connectivity index (χ0v) is 19.6. The van der Waals surface area contributed by atoms with Crippen LogP contribution < -0.4 is 10.4 Å². The number of imidazole rings is 1. The van der Waals surface area contributed by atoms with Crippen molar-refractivity contribution in [3.8, 4) is 16.9 Å².